The Balaban J connectivity index is 1.20. The van der Waals surface area contributed by atoms with Crippen molar-refractivity contribution in [1.29, 1.82) is 0 Å². The first-order chi connectivity index (χ1) is 15.2. The normalized spacial score (nSPS) is 16.7. The van der Waals surface area contributed by atoms with Crippen molar-refractivity contribution in [2.45, 2.75) is 31.6 Å². The van der Waals surface area contributed by atoms with E-state index in [2.05, 4.69) is 16.2 Å². The van der Waals surface area contributed by atoms with Crippen molar-refractivity contribution in [2.24, 2.45) is 0 Å². The summed E-state index contributed by atoms with van der Waals surface area (Å²) in [7, 11) is 0. The number of hydrogen-bond donors (Lipinski definition) is 0. The van der Waals surface area contributed by atoms with E-state index >= 15 is 0 Å². The molecule has 1 fully saturated rings. The molecule has 0 saturated carbocycles. The van der Waals surface area contributed by atoms with Crippen LogP contribution in [-0.2, 0) is 11.2 Å². The molecule has 0 N–H and O–H groups in total. The van der Waals surface area contributed by atoms with Crippen molar-refractivity contribution in [3.8, 4) is 11.4 Å². The SMILES string of the molecule is O=C(CCc1nc(-c2ccc(Cl)cc2)no1)N1CCC[C@H](c2nc3ccccc3s2)C1. The van der Waals surface area contributed by atoms with Crippen molar-refractivity contribution in [3.05, 3.63) is 64.5 Å². The van der Waals surface area contributed by atoms with Gasteiger partial charge in [0.15, 0.2) is 0 Å². The molecule has 2 aromatic heterocycles. The van der Waals surface area contributed by atoms with Crippen LogP contribution in [0.3, 0.4) is 0 Å². The smallest absolute Gasteiger partial charge is 0.227 e. The van der Waals surface area contributed by atoms with Gasteiger partial charge in [-0.15, -0.1) is 11.3 Å². The summed E-state index contributed by atoms with van der Waals surface area (Å²) in [6.45, 7) is 1.51. The Kier molecular flexibility index (Phi) is 5.70. The minimum atomic E-state index is 0.122. The summed E-state index contributed by atoms with van der Waals surface area (Å²) in [4.78, 5) is 24.0. The Morgan fingerprint density at radius 1 is 1.16 bits per heavy atom. The highest BCUT2D eigenvalue weighted by Crippen LogP contribution is 2.33. The number of para-hydroxylation sites is 1. The molecule has 3 heterocycles. The van der Waals surface area contributed by atoms with Gasteiger partial charge < -0.3 is 9.42 Å². The molecule has 1 saturated heterocycles. The number of fused-ring (bicyclic) bond motifs is 1. The van der Waals surface area contributed by atoms with E-state index in [-0.39, 0.29) is 5.91 Å². The lowest BCUT2D eigenvalue weighted by Gasteiger charge is -2.31. The molecule has 5 rings (SSSR count). The predicted molar refractivity (Wildman–Crippen MR) is 121 cm³/mol. The van der Waals surface area contributed by atoms with E-state index < -0.39 is 0 Å². The maximum absolute atomic E-state index is 12.8. The first kappa shape index (κ1) is 20.2. The molecule has 1 amide bonds. The van der Waals surface area contributed by atoms with Crippen molar-refractivity contribution in [1.82, 2.24) is 20.0 Å². The van der Waals surface area contributed by atoms with E-state index in [1.807, 2.05) is 35.2 Å². The highest BCUT2D eigenvalue weighted by molar-refractivity contribution is 7.18. The Labute approximate surface area is 188 Å². The maximum atomic E-state index is 12.8. The molecule has 1 atom stereocenters. The average Bonchev–Trinajstić information content (AvgIpc) is 3.45. The lowest BCUT2D eigenvalue weighted by atomic mass is 9.98. The van der Waals surface area contributed by atoms with Crippen LogP contribution < -0.4 is 0 Å². The summed E-state index contributed by atoms with van der Waals surface area (Å²) < 4.78 is 6.54. The van der Waals surface area contributed by atoms with E-state index in [9.17, 15) is 4.79 Å². The van der Waals surface area contributed by atoms with Crippen LogP contribution in [0.5, 0.6) is 0 Å². The molecule has 2 aromatic carbocycles. The van der Waals surface area contributed by atoms with Gasteiger partial charge in [-0.3, -0.25) is 4.79 Å². The van der Waals surface area contributed by atoms with E-state index in [4.69, 9.17) is 21.1 Å². The first-order valence-electron chi connectivity index (χ1n) is 10.4. The molecule has 1 aliphatic heterocycles. The van der Waals surface area contributed by atoms with Crippen LogP contribution in [0.1, 0.15) is 36.1 Å². The summed E-state index contributed by atoms with van der Waals surface area (Å²) in [5.41, 5.74) is 1.87. The van der Waals surface area contributed by atoms with Crippen molar-refractivity contribution < 1.29 is 9.32 Å². The van der Waals surface area contributed by atoms with E-state index in [1.165, 1.54) is 4.70 Å². The fraction of sp³-hybridized carbons (Fsp3) is 0.304. The molecule has 0 radical (unpaired) electrons. The monoisotopic (exact) mass is 452 g/mol. The first-order valence-corrected chi connectivity index (χ1v) is 11.6. The molecule has 1 aliphatic rings. The standard InChI is InChI=1S/C23H21ClN4O2S/c24-17-9-7-15(8-10-17)22-26-20(30-27-22)11-12-21(29)28-13-3-4-16(14-28)23-25-18-5-1-2-6-19(18)31-23/h1-2,5-10,16H,3-4,11-14H2/t16-/m0/s1. The predicted octanol–water partition coefficient (Wildman–Crippen LogP) is 5.34. The molecule has 31 heavy (non-hydrogen) atoms. The number of thiazole rings is 1. The zero-order valence-corrected chi connectivity index (χ0v) is 18.4. The number of carbonyl (C=O) groups excluding carboxylic acids is 1. The Morgan fingerprint density at radius 2 is 2.00 bits per heavy atom. The van der Waals surface area contributed by atoms with Gasteiger partial charge in [-0.2, -0.15) is 4.98 Å². The molecule has 8 heteroatoms. The zero-order valence-electron chi connectivity index (χ0n) is 16.8. The minimum Gasteiger partial charge on any atom is -0.342 e. The molecule has 0 bridgehead atoms. The lowest BCUT2D eigenvalue weighted by Crippen LogP contribution is -2.39. The van der Waals surface area contributed by atoms with E-state index in [1.54, 1.807) is 23.5 Å². The second-order valence-electron chi connectivity index (χ2n) is 7.72. The minimum absolute atomic E-state index is 0.122. The van der Waals surface area contributed by atoms with Crippen LogP contribution in [-0.4, -0.2) is 39.0 Å². The number of aromatic nitrogens is 3. The maximum Gasteiger partial charge on any atom is 0.227 e. The summed E-state index contributed by atoms with van der Waals surface area (Å²) >= 11 is 7.66. The van der Waals surface area contributed by atoms with Gasteiger partial charge in [0.25, 0.3) is 0 Å². The topological polar surface area (TPSA) is 72.1 Å². The molecule has 6 nitrogen and oxygen atoms in total. The van der Waals surface area contributed by atoms with Crippen molar-refractivity contribution in [3.63, 3.8) is 0 Å². The zero-order chi connectivity index (χ0) is 21.2. The van der Waals surface area contributed by atoms with Gasteiger partial charge in [0.2, 0.25) is 17.6 Å². The molecule has 4 aromatic rings. The van der Waals surface area contributed by atoms with Crippen molar-refractivity contribution in [2.75, 3.05) is 13.1 Å². The van der Waals surface area contributed by atoms with E-state index in [0.717, 1.165) is 42.0 Å². The Bertz CT molecular complexity index is 1170. The van der Waals surface area contributed by atoms with Crippen LogP contribution in [0, 0.1) is 0 Å². The fourth-order valence-corrected chi connectivity index (χ4v) is 5.13. The molecular weight excluding hydrogens is 432 g/mol. The van der Waals surface area contributed by atoms with Gasteiger partial charge in [0.05, 0.1) is 15.2 Å². The summed E-state index contributed by atoms with van der Waals surface area (Å²) in [6, 6.07) is 15.5. The van der Waals surface area contributed by atoms with Crippen LogP contribution >= 0.6 is 22.9 Å². The molecule has 0 aliphatic carbocycles. The second kappa shape index (κ2) is 8.77. The molecule has 158 valence electrons. The number of piperidine rings is 1. The quantitative estimate of drug-likeness (QED) is 0.408. The largest absolute Gasteiger partial charge is 0.342 e. The van der Waals surface area contributed by atoms with Gasteiger partial charge >= 0.3 is 0 Å². The number of aryl methyl sites for hydroxylation is 1. The summed E-state index contributed by atoms with van der Waals surface area (Å²) in [5.74, 6) is 1.40. The second-order valence-corrected chi connectivity index (χ2v) is 9.22. The molecular formula is C23H21ClN4O2S. The molecule has 0 unspecified atom stereocenters. The van der Waals surface area contributed by atoms with Gasteiger partial charge in [-0.05, 0) is 49.2 Å². The van der Waals surface area contributed by atoms with E-state index in [0.29, 0.717) is 35.5 Å². The van der Waals surface area contributed by atoms with Gasteiger partial charge in [0, 0.05) is 42.4 Å². The number of halogens is 1. The van der Waals surface area contributed by atoms with Crippen LogP contribution in [0.15, 0.2) is 53.1 Å². The van der Waals surface area contributed by atoms with Crippen LogP contribution in [0.4, 0.5) is 0 Å². The fourth-order valence-electron chi connectivity index (χ4n) is 3.91. The van der Waals surface area contributed by atoms with Crippen LogP contribution in [0.25, 0.3) is 21.6 Å². The average molecular weight is 453 g/mol. The van der Waals surface area contributed by atoms with Gasteiger partial charge in [-0.1, -0.05) is 28.9 Å². The Morgan fingerprint density at radius 3 is 2.84 bits per heavy atom. The third-order valence-corrected chi connectivity index (χ3v) is 7.01. The Hall–Kier alpha value is -2.77. The number of carbonyl (C=O) groups is 1. The summed E-state index contributed by atoms with van der Waals surface area (Å²) in [6.07, 6.45) is 2.85. The third-order valence-electron chi connectivity index (χ3n) is 5.56. The lowest BCUT2D eigenvalue weighted by molar-refractivity contribution is -0.132. The van der Waals surface area contributed by atoms with Gasteiger partial charge in [-0.25, -0.2) is 4.98 Å². The third kappa shape index (κ3) is 4.48. The number of rotatable bonds is 5. The number of benzene rings is 2. The van der Waals surface area contributed by atoms with Gasteiger partial charge in [0.1, 0.15) is 0 Å². The highest BCUT2D eigenvalue weighted by Gasteiger charge is 2.27. The number of nitrogens with zero attached hydrogens (tertiary/aromatic N) is 4. The highest BCUT2D eigenvalue weighted by atomic mass is 35.5. The van der Waals surface area contributed by atoms with Crippen molar-refractivity contribution >= 4 is 39.1 Å². The summed E-state index contributed by atoms with van der Waals surface area (Å²) in [5, 5.41) is 5.80. The molecule has 0 spiro atoms. The number of amides is 1. The number of likely N-dealkylation sites (tertiary alicyclic amines) is 1. The van der Waals surface area contributed by atoms with Crippen LogP contribution in [0.2, 0.25) is 5.02 Å². The number of hydrogen-bond acceptors (Lipinski definition) is 6.